The van der Waals surface area contributed by atoms with Gasteiger partial charge in [0.1, 0.15) is 0 Å². The average Bonchev–Trinajstić information content (AvgIpc) is 3.05. The topological polar surface area (TPSA) is 80.9 Å². The van der Waals surface area contributed by atoms with Gasteiger partial charge < -0.3 is 9.73 Å². The van der Waals surface area contributed by atoms with Gasteiger partial charge in [-0.15, -0.1) is 10.2 Å². The molecule has 0 spiro atoms. The Kier molecular flexibility index (Phi) is 5.51. The normalized spacial score (nSPS) is 15.5. The number of anilines is 1. The van der Waals surface area contributed by atoms with Gasteiger partial charge in [0.2, 0.25) is 11.8 Å². The minimum Gasteiger partial charge on any atom is -0.416 e. The molecule has 2 heterocycles. The van der Waals surface area contributed by atoms with Gasteiger partial charge in [0.05, 0.1) is 11.4 Å². The molecule has 0 saturated heterocycles. The maximum atomic E-state index is 11.9. The fourth-order valence-electron chi connectivity index (χ4n) is 2.59. The van der Waals surface area contributed by atoms with E-state index >= 15 is 0 Å². The van der Waals surface area contributed by atoms with Gasteiger partial charge in [-0.05, 0) is 25.0 Å². The zero-order valence-electron chi connectivity index (χ0n) is 12.5. The number of halogens is 1. The van der Waals surface area contributed by atoms with E-state index in [4.69, 9.17) is 16.0 Å². The fraction of sp³-hybridized carbons (Fsp3) is 0.467. The lowest BCUT2D eigenvalue weighted by Crippen LogP contribution is -2.14. The lowest BCUT2D eigenvalue weighted by molar-refractivity contribution is -0.113. The Bertz CT molecular complexity index is 673. The number of aromatic nitrogens is 3. The Morgan fingerprint density at radius 1 is 1.35 bits per heavy atom. The van der Waals surface area contributed by atoms with Gasteiger partial charge in [-0.1, -0.05) is 42.6 Å². The van der Waals surface area contributed by atoms with Crippen molar-refractivity contribution in [3.8, 4) is 0 Å². The highest BCUT2D eigenvalue weighted by atomic mass is 35.5. The SMILES string of the molecule is O=C(CSc1nnc(C2CCCCC2)o1)Nc1cccnc1Cl. The predicted octanol–water partition coefficient (Wildman–Crippen LogP) is 3.90. The molecule has 0 bridgehead atoms. The van der Waals surface area contributed by atoms with Crippen molar-refractivity contribution in [3.05, 3.63) is 29.4 Å². The second kappa shape index (κ2) is 7.79. The van der Waals surface area contributed by atoms with Crippen LogP contribution in [0.4, 0.5) is 5.69 Å². The second-order valence-corrected chi connectivity index (χ2v) is 6.70. The molecule has 0 unspecified atom stereocenters. The molecular formula is C15H17ClN4O2S. The van der Waals surface area contributed by atoms with Crippen molar-refractivity contribution in [2.45, 2.75) is 43.2 Å². The number of pyridine rings is 1. The first-order chi connectivity index (χ1) is 11.2. The lowest BCUT2D eigenvalue weighted by Gasteiger charge is -2.17. The van der Waals surface area contributed by atoms with Crippen LogP contribution < -0.4 is 5.32 Å². The van der Waals surface area contributed by atoms with Crippen LogP contribution in [0.3, 0.4) is 0 Å². The van der Waals surface area contributed by atoms with E-state index in [1.54, 1.807) is 18.3 Å². The van der Waals surface area contributed by atoms with Crippen LogP contribution in [0.1, 0.15) is 43.9 Å². The maximum Gasteiger partial charge on any atom is 0.277 e. The molecule has 122 valence electrons. The van der Waals surface area contributed by atoms with Crippen LogP contribution in [0.15, 0.2) is 28.0 Å². The number of carbonyl (C=O) groups excluding carboxylic acids is 1. The highest BCUT2D eigenvalue weighted by Crippen LogP contribution is 2.32. The van der Waals surface area contributed by atoms with Crippen molar-refractivity contribution < 1.29 is 9.21 Å². The average molecular weight is 353 g/mol. The first kappa shape index (κ1) is 16.3. The van der Waals surface area contributed by atoms with E-state index in [1.807, 2.05) is 0 Å². The summed E-state index contributed by atoms with van der Waals surface area (Å²) < 4.78 is 5.67. The summed E-state index contributed by atoms with van der Waals surface area (Å²) in [6.45, 7) is 0. The van der Waals surface area contributed by atoms with Crippen LogP contribution in [-0.2, 0) is 4.79 Å². The quantitative estimate of drug-likeness (QED) is 0.649. The molecule has 0 aliphatic heterocycles. The zero-order valence-corrected chi connectivity index (χ0v) is 14.1. The summed E-state index contributed by atoms with van der Waals surface area (Å²) >= 11 is 7.12. The Morgan fingerprint density at radius 2 is 2.17 bits per heavy atom. The van der Waals surface area contributed by atoms with E-state index in [9.17, 15) is 4.79 Å². The Morgan fingerprint density at radius 3 is 2.96 bits per heavy atom. The van der Waals surface area contributed by atoms with Crippen LogP contribution >= 0.6 is 23.4 Å². The molecular weight excluding hydrogens is 336 g/mol. The smallest absolute Gasteiger partial charge is 0.277 e. The first-order valence-corrected chi connectivity index (χ1v) is 8.95. The number of hydrogen-bond acceptors (Lipinski definition) is 6. The second-order valence-electron chi connectivity index (χ2n) is 5.42. The first-order valence-electron chi connectivity index (χ1n) is 7.59. The van der Waals surface area contributed by atoms with Gasteiger partial charge in [0, 0.05) is 12.1 Å². The molecule has 2 aromatic rings. The molecule has 0 radical (unpaired) electrons. The van der Waals surface area contributed by atoms with Crippen LogP contribution in [0.2, 0.25) is 5.15 Å². The van der Waals surface area contributed by atoms with E-state index < -0.39 is 0 Å². The largest absolute Gasteiger partial charge is 0.416 e. The third-order valence-corrected chi connectivity index (χ3v) is 4.86. The van der Waals surface area contributed by atoms with Crippen molar-refractivity contribution in [1.82, 2.24) is 15.2 Å². The number of thioether (sulfide) groups is 1. The molecule has 23 heavy (non-hydrogen) atoms. The lowest BCUT2D eigenvalue weighted by atomic mass is 9.89. The molecule has 2 aromatic heterocycles. The Labute approximate surface area is 143 Å². The van der Waals surface area contributed by atoms with Crippen molar-refractivity contribution in [1.29, 1.82) is 0 Å². The van der Waals surface area contributed by atoms with E-state index in [2.05, 4.69) is 20.5 Å². The minimum absolute atomic E-state index is 0.178. The Balaban J connectivity index is 1.51. The summed E-state index contributed by atoms with van der Waals surface area (Å²) in [5.41, 5.74) is 0.494. The third-order valence-electron chi connectivity index (χ3n) is 3.74. The number of amides is 1. The molecule has 3 rings (SSSR count). The summed E-state index contributed by atoms with van der Waals surface area (Å²) in [5, 5.41) is 11.5. The number of nitrogens with zero attached hydrogens (tertiary/aromatic N) is 3. The van der Waals surface area contributed by atoms with Crippen LogP contribution in [-0.4, -0.2) is 26.8 Å². The van der Waals surface area contributed by atoms with E-state index in [-0.39, 0.29) is 16.8 Å². The molecule has 1 N–H and O–H groups in total. The summed E-state index contributed by atoms with van der Waals surface area (Å²) in [6, 6.07) is 3.41. The van der Waals surface area contributed by atoms with Gasteiger partial charge in [-0.2, -0.15) is 0 Å². The van der Waals surface area contributed by atoms with Gasteiger partial charge in [-0.25, -0.2) is 4.98 Å². The van der Waals surface area contributed by atoms with Gasteiger partial charge in [-0.3, -0.25) is 4.79 Å². The van der Waals surface area contributed by atoms with Crippen molar-refractivity contribution in [3.63, 3.8) is 0 Å². The highest BCUT2D eigenvalue weighted by molar-refractivity contribution is 7.99. The van der Waals surface area contributed by atoms with Gasteiger partial charge in [0.25, 0.3) is 5.22 Å². The standard InChI is InChI=1S/C15H17ClN4O2S/c16-13-11(7-4-8-17-13)18-12(21)9-23-15-20-19-14(22-15)10-5-2-1-3-6-10/h4,7-8,10H,1-3,5-6,9H2,(H,18,21). The molecule has 1 saturated carbocycles. The third kappa shape index (κ3) is 4.45. The van der Waals surface area contributed by atoms with Crippen molar-refractivity contribution in [2.75, 3.05) is 11.1 Å². The van der Waals surface area contributed by atoms with Crippen LogP contribution in [0, 0.1) is 0 Å². The fourth-order valence-corrected chi connectivity index (χ4v) is 3.32. The molecule has 0 aromatic carbocycles. The highest BCUT2D eigenvalue weighted by Gasteiger charge is 2.21. The molecule has 1 fully saturated rings. The van der Waals surface area contributed by atoms with Gasteiger partial charge >= 0.3 is 0 Å². The number of nitrogens with one attached hydrogen (secondary N) is 1. The minimum atomic E-state index is -0.192. The molecule has 0 atom stereocenters. The van der Waals surface area contributed by atoms with Crippen LogP contribution in [0.25, 0.3) is 0 Å². The molecule has 1 amide bonds. The number of hydrogen-bond donors (Lipinski definition) is 1. The number of rotatable bonds is 5. The molecule has 8 heteroatoms. The maximum absolute atomic E-state index is 11.9. The summed E-state index contributed by atoms with van der Waals surface area (Å²) in [4.78, 5) is 15.8. The monoisotopic (exact) mass is 352 g/mol. The summed E-state index contributed by atoms with van der Waals surface area (Å²) in [6.07, 6.45) is 7.48. The summed E-state index contributed by atoms with van der Waals surface area (Å²) in [5.74, 6) is 1.05. The molecule has 6 nitrogen and oxygen atoms in total. The Hall–Kier alpha value is -1.60. The summed E-state index contributed by atoms with van der Waals surface area (Å²) in [7, 11) is 0. The van der Waals surface area contributed by atoms with Crippen LogP contribution in [0.5, 0.6) is 0 Å². The van der Waals surface area contributed by atoms with Crippen molar-refractivity contribution in [2.24, 2.45) is 0 Å². The number of carbonyl (C=O) groups is 1. The predicted molar refractivity (Wildman–Crippen MR) is 88.7 cm³/mol. The van der Waals surface area contributed by atoms with E-state index in [0.717, 1.165) is 12.8 Å². The van der Waals surface area contributed by atoms with E-state index in [1.165, 1.54) is 31.0 Å². The van der Waals surface area contributed by atoms with Crippen molar-refractivity contribution >= 4 is 35.0 Å². The molecule has 1 aliphatic carbocycles. The van der Waals surface area contributed by atoms with E-state index in [0.29, 0.717) is 22.7 Å². The molecule has 1 aliphatic rings. The zero-order chi connectivity index (χ0) is 16.1. The van der Waals surface area contributed by atoms with Gasteiger partial charge in [0.15, 0.2) is 5.15 Å².